The van der Waals surface area contributed by atoms with E-state index in [1.165, 1.54) is 12.2 Å². The number of aliphatic hydroxyl groups is 1. The average Bonchev–Trinajstić information content (AvgIpc) is 2.34. The van der Waals surface area contributed by atoms with Gasteiger partial charge in [-0.2, -0.15) is 0 Å². The maximum absolute atomic E-state index is 9.84. The standard InChI is InChI=1S/C9H16O2.3C2H4O2/c1-2-3-4-6-9(11)7-5-8-10;3*1-2(3)4/h5,7-9,11H,2-4,6H2,1H3;3*1H3,(H,3,4). The molecular formula is C15H28O8. The second-order valence-corrected chi connectivity index (χ2v) is 4.14. The number of carbonyl (C=O) groups excluding carboxylic acids is 1. The minimum atomic E-state index is -0.833. The topological polar surface area (TPSA) is 149 Å². The third-order valence-corrected chi connectivity index (χ3v) is 1.52. The molecule has 0 aromatic carbocycles. The minimum absolute atomic E-state index is 0.438. The highest BCUT2D eigenvalue weighted by Gasteiger charge is 1.96. The van der Waals surface area contributed by atoms with Gasteiger partial charge in [-0.25, -0.2) is 0 Å². The van der Waals surface area contributed by atoms with E-state index < -0.39 is 24.0 Å². The van der Waals surface area contributed by atoms with Gasteiger partial charge in [0.15, 0.2) is 0 Å². The largest absolute Gasteiger partial charge is 0.481 e. The summed E-state index contributed by atoms with van der Waals surface area (Å²) in [6.45, 7) is 5.37. The highest BCUT2D eigenvalue weighted by atomic mass is 16.4. The fourth-order valence-corrected chi connectivity index (χ4v) is 0.873. The number of aldehydes is 1. The number of aliphatic carboxylic acids is 3. The van der Waals surface area contributed by atoms with Crippen LogP contribution in [0.3, 0.4) is 0 Å². The zero-order valence-electron chi connectivity index (χ0n) is 14.1. The molecule has 0 heterocycles. The van der Waals surface area contributed by atoms with Crippen molar-refractivity contribution in [3.63, 3.8) is 0 Å². The summed E-state index contributed by atoms with van der Waals surface area (Å²) in [6.07, 6.45) is 7.21. The van der Waals surface area contributed by atoms with E-state index in [9.17, 15) is 4.79 Å². The van der Waals surface area contributed by atoms with Crippen LogP contribution in [0, 0.1) is 0 Å². The monoisotopic (exact) mass is 336 g/mol. The van der Waals surface area contributed by atoms with Crippen LogP contribution < -0.4 is 0 Å². The first-order chi connectivity index (χ1) is 10.5. The summed E-state index contributed by atoms with van der Waals surface area (Å²) in [5, 5.41) is 31.4. The molecule has 136 valence electrons. The molecule has 0 spiro atoms. The molecule has 0 aromatic rings. The molecule has 0 rings (SSSR count). The quantitative estimate of drug-likeness (QED) is 0.326. The van der Waals surface area contributed by atoms with Crippen molar-refractivity contribution >= 4 is 24.2 Å². The van der Waals surface area contributed by atoms with E-state index in [1.54, 1.807) is 0 Å². The minimum Gasteiger partial charge on any atom is -0.481 e. The molecule has 4 N–H and O–H groups in total. The Morgan fingerprint density at radius 3 is 1.52 bits per heavy atom. The smallest absolute Gasteiger partial charge is 0.300 e. The molecule has 0 saturated heterocycles. The first-order valence-electron chi connectivity index (χ1n) is 6.89. The lowest BCUT2D eigenvalue weighted by Gasteiger charge is -2.02. The molecular weight excluding hydrogens is 308 g/mol. The Bertz CT molecular complexity index is 296. The van der Waals surface area contributed by atoms with Gasteiger partial charge in [-0.3, -0.25) is 19.2 Å². The van der Waals surface area contributed by atoms with Crippen molar-refractivity contribution in [2.75, 3.05) is 0 Å². The normalized spacial score (nSPS) is 9.78. The molecule has 0 fully saturated rings. The van der Waals surface area contributed by atoms with Crippen LogP contribution in [0.4, 0.5) is 0 Å². The van der Waals surface area contributed by atoms with Crippen molar-refractivity contribution in [3.05, 3.63) is 12.2 Å². The second kappa shape index (κ2) is 24.8. The number of carbonyl (C=O) groups is 4. The van der Waals surface area contributed by atoms with E-state index in [0.717, 1.165) is 46.5 Å². The number of carboxylic acid groups (broad SMARTS) is 3. The fraction of sp³-hybridized carbons (Fsp3) is 0.600. The lowest BCUT2D eigenvalue weighted by atomic mass is 10.1. The molecule has 1 unspecified atom stereocenters. The molecule has 0 bridgehead atoms. The lowest BCUT2D eigenvalue weighted by Crippen LogP contribution is -2.01. The number of carboxylic acids is 3. The molecule has 0 aromatic heterocycles. The van der Waals surface area contributed by atoms with Gasteiger partial charge >= 0.3 is 0 Å². The molecule has 0 aliphatic carbocycles. The fourth-order valence-electron chi connectivity index (χ4n) is 0.873. The zero-order valence-corrected chi connectivity index (χ0v) is 14.1. The predicted octanol–water partition coefficient (Wildman–Crippen LogP) is 1.96. The molecule has 0 saturated carbocycles. The Labute approximate surface area is 136 Å². The Morgan fingerprint density at radius 2 is 1.26 bits per heavy atom. The van der Waals surface area contributed by atoms with Gasteiger partial charge in [0.2, 0.25) is 0 Å². The Morgan fingerprint density at radius 1 is 0.913 bits per heavy atom. The molecule has 0 amide bonds. The number of allylic oxidation sites excluding steroid dienone is 1. The highest BCUT2D eigenvalue weighted by Crippen LogP contribution is 2.03. The van der Waals surface area contributed by atoms with Crippen LogP contribution in [0.2, 0.25) is 0 Å². The van der Waals surface area contributed by atoms with Crippen LogP contribution in [0.1, 0.15) is 53.4 Å². The lowest BCUT2D eigenvalue weighted by molar-refractivity contribution is -0.135. The Hall–Kier alpha value is -2.22. The molecule has 0 radical (unpaired) electrons. The van der Waals surface area contributed by atoms with Gasteiger partial charge in [0.1, 0.15) is 6.29 Å². The van der Waals surface area contributed by atoms with Crippen LogP contribution >= 0.6 is 0 Å². The van der Waals surface area contributed by atoms with Crippen LogP contribution in [-0.2, 0) is 19.2 Å². The van der Waals surface area contributed by atoms with Crippen molar-refractivity contribution in [1.29, 1.82) is 0 Å². The number of hydrogen-bond acceptors (Lipinski definition) is 5. The van der Waals surface area contributed by atoms with E-state index >= 15 is 0 Å². The van der Waals surface area contributed by atoms with Crippen LogP contribution in [0.15, 0.2) is 12.2 Å². The number of rotatable bonds is 6. The first kappa shape index (κ1) is 28.9. The Kier molecular flexibility index (Phi) is 31.1. The first-order valence-corrected chi connectivity index (χ1v) is 6.89. The summed E-state index contributed by atoms with van der Waals surface area (Å²) in [5.74, 6) is -2.50. The maximum Gasteiger partial charge on any atom is 0.300 e. The van der Waals surface area contributed by atoms with E-state index in [4.69, 9.17) is 34.8 Å². The van der Waals surface area contributed by atoms with E-state index in [-0.39, 0.29) is 0 Å². The number of unbranched alkanes of at least 4 members (excludes halogenated alkanes) is 2. The van der Waals surface area contributed by atoms with Gasteiger partial charge in [-0.15, -0.1) is 0 Å². The third-order valence-electron chi connectivity index (χ3n) is 1.52. The SMILES string of the molecule is CC(=O)O.CC(=O)O.CC(=O)O.CCCCCC(O)C=CC=O. The second-order valence-electron chi connectivity index (χ2n) is 4.14. The average molecular weight is 336 g/mol. The van der Waals surface area contributed by atoms with Gasteiger partial charge in [0, 0.05) is 20.8 Å². The molecule has 8 nitrogen and oxygen atoms in total. The Balaban J connectivity index is -0.000000124. The van der Waals surface area contributed by atoms with Crippen molar-refractivity contribution in [2.45, 2.75) is 59.5 Å². The van der Waals surface area contributed by atoms with Crippen LogP contribution in [0.25, 0.3) is 0 Å². The van der Waals surface area contributed by atoms with Crippen molar-refractivity contribution in [3.8, 4) is 0 Å². The summed E-state index contributed by atoms with van der Waals surface area (Å²) in [4.78, 5) is 36.8. The number of hydrogen-bond donors (Lipinski definition) is 4. The van der Waals surface area contributed by atoms with Gasteiger partial charge in [0.05, 0.1) is 6.10 Å². The predicted molar refractivity (Wildman–Crippen MR) is 85.3 cm³/mol. The molecule has 0 aliphatic heterocycles. The zero-order chi connectivity index (χ0) is 19.3. The summed E-state index contributed by atoms with van der Waals surface area (Å²) in [6, 6.07) is 0. The van der Waals surface area contributed by atoms with Crippen LogP contribution in [-0.4, -0.2) is 50.7 Å². The molecule has 8 heteroatoms. The molecule has 0 aliphatic rings. The number of aliphatic hydroxyl groups excluding tert-OH is 1. The summed E-state index contributed by atoms with van der Waals surface area (Å²) in [7, 11) is 0. The van der Waals surface area contributed by atoms with Gasteiger partial charge in [0.25, 0.3) is 17.9 Å². The van der Waals surface area contributed by atoms with Crippen molar-refractivity contribution in [2.24, 2.45) is 0 Å². The highest BCUT2D eigenvalue weighted by molar-refractivity contribution is 5.64. The van der Waals surface area contributed by atoms with Gasteiger partial charge in [-0.05, 0) is 12.5 Å². The summed E-state index contributed by atoms with van der Waals surface area (Å²) >= 11 is 0. The van der Waals surface area contributed by atoms with Gasteiger partial charge < -0.3 is 20.4 Å². The third kappa shape index (κ3) is 136. The van der Waals surface area contributed by atoms with Crippen molar-refractivity contribution in [1.82, 2.24) is 0 Å². The van der Waals surface area contributed by atoms with E-state index in [2.05, 4.69) is 6.92 Å². The van der Waals surface area contributed by atoms with E-state index in [0.29, 0.717) is 6.29 Å². The van der Waals surface area contributed by atoms with E-state index in [1.807, 2.05) is 0 Å². The molecule has 1 atom stereocenters. The molecule has 23 heavy (non-hydrogen) atoms. The van der Waals surface area contributed by atoms with Crippen molar-refractivity contribution < 1.29 is 39.6 Å². The maximum atomic E-state index is 9.84. The summed E-state index contributed by atoms with van der Waals surface area (Å²) in [5.41, 5.74) is 0. The summed E-state index contributed by atoms with van der Waals surface area (Å²) < 4.78 is 0. The van der Waals surface area contributed by atoms with Gasteiger partial charge in [-0.1, -0.05) is 32.3 Å². The van der Waals surface area contributed by atoms with Crippen LogP contribution in [0.5, 0.6) is 0 Å².